The summed E-state index contributed by atoms with van der Waals surface area (Å²) in [6, 6.07) is 13.4. The smallest absolute Gasteiger partial charge is 0.230 e. The maximum Gasteiger partial charge on any atom is 0.230 e. The summed E-state index contributed by atoms with van der Waals surface area (Å²) < 4.78 is 17.6. The minimum absolute atomic E-state index is 0.258. The van der Waals surface area contributed by atoms with E-state index in [1.807, 2.05) is 42.5 Å². The highest BCUT2D eigenvalue weighted by molar-refractivity contribution is 5.87. The van der Waals surface area contributed by atoms with Gasteiger partial charge in [-0.15, -0.1) is 0 Å². The first-order chi connectivity index (χ1) is 12.3. The second kappa shape index (κ2) is 6.97. The lowest BCUT2D eigenvalue weighted by atomic mass is 10.2. The normalized spacial score (nSPS) is 14.6. The molecule has 2 aromatic carbocycles. The van der Waals surface area contributed by atoms with Crippen LogP contribution in [0.5, 0.6) is 23.1 Å². The lowest BCUT2D eigenvalue weighted by molar-refractivity contribution is 0.201. The van der Waals surface area contributed by atoms with Crippen LogP contribution in [0.2, 0.25) is 0 Å². The molecule has 0 unspecified atom stereocenters. The zero-order chi connectivity index (χ0) is 17.1. The van der Waals surface area contributed by atoms with E-state index in [1.54, 1.807) is 7.11 Å². The predicted molar refractivity (Wildman–Crippen MR) is 95.5 cm³/mol. The van der Waals surface area contributed by atoms with Crippen LogP contribution in [0.25, 0.3) is 10.9 Å². The molecular formula is C20H20N2O3. The van der Waals surface area contributed by atoms with Crippen LogP contribution < -0.4 is 14.2 Å². The van der Waals surface area contributed by atoms with Crippen molar-refractivity contribution in [3.63, 3.8) is 0 Å². The molecule has 0 aliphatic heterocycles. The standard InChI is InChI=1S/C20H20N2O3/c1-23-18-11-16-17(12-19(18)24-14-9-5-6-10-14)21-13-22-20(16)25-15-7-3-2-4-8-15/h2-4,7-8,11-14H,5-6,9-10H2,1H3. The molecule has 1 fully saturated rings. The number of nitrogens with zero attached hydrogens (tertiary/aromatic N) is 2. The molecule has 0 amide bonds. The third-order valence-electron chi connectivity index (χ3n) is 4.44. The van der Waals surface area contributed by atoms with Gasteiger partial charge in [-0.3, -0.25) is 0 Å². The van der Waals surface area contributed by atoms with Gasteiger partial charge in [-0.2, -0.15) is 0 Å². The summed E-state index contributed by atoms with van der Waals surface area (Å²) in [6.45, 7) is 0. The van der Waals surface area contributed by atoms with Gasteiger partial charge in [0.25, 0.3) is 0 Å². The van der Waals surface area contributed by atoms with Gasteiger partial charge in [0.1, 0.15) is 12.1 Å². The summed E-state index contributed by atoms with van der Waals surface area (Å²) in [5.74, 6) is 2.63. The van der Waals surface area contributed by atoms with Gasteiger partial charge >= 0.3 is 0 Å². The molecule has 1 heterocycles. The molecular weight excluding hydrogens is 316 g/mol. The van der Waals surface area contributed by atoms with Crippen molar-refractivity contribution in [1.29, 1.82) is 0 Å². The van der Waals surface area contributed by atoms with Crippen LogP contribution in [0.4, 0.5) is 0 Å². The van der Waals surface area contributed by atoms with Crippen molar-refractivity contribution < 1.29 is 14.2 Å². The Labute approximate surface area is 146 Å². The number of hydrogen-bond donors (Lipinski definition) is 0. The Bertz CT molecular complexity index is 861. The lowest BCUT2D eigenvalue weighted by Crippen LogP contribution is -2.11. The number of fused-ring (bicyclic) bond motifs is 1. The summed E-state index contributed by atoms with van der Waals surface area (Å²) in [5.41, 5.74) is 0.773. The highest BCUT2D eigenvalue weighted by atomic mass is 16.5. The van der Waals surface area contributed by atoms with Crippen LogP contribution >= 0.6 is 0 Å². The van der Waals surface area contributed by atoms with Gasteiger partial charge in [0.2, 0.25) is 5.88 Å². The van der Waals surface area contributed by atoms with Crippen LogP contribution in [-0.2, 0) is 0 Å². The van der Waals surface area contributed by atoms with Crippen LogP contribution in [0.1, 0.15) is 25.7 Å². The van der Waals surface area contributed by atoms with Crippen LogP contribution in [0.15, 0.2) is 48.8 Å². The Morgan fingerprint density at radius 1 is 0.960 bits per heavy atom. The second-order valence-corrected chi connectivity index (χ2v) is 6.14. The quantitative estimate of drug-likeness (QED) is 0.673. The maximum atomic E-state index is 6.14. The fraction of sp³-hybridized carbons (Fsp3) is 0.300. The molecule has 0 bridgehead atoms. The predicted octanol–water partition coefficient (Wildman–Crippen LogP) is 4.75. The van der Waals surface area contributed by atoms with E-state index in [2.05, 4.69) is 9.97 Å². The summed E-state index contributed by atoms with van der Waals surface area (Å²) in [6.07, 6.45) is 6.39. The van der Waals surface area contributed by atoms with E-state index < -0.39 is 0 Å². The second-order valence-electron chi connectivity index (χ2n) is 6.14. The lowest BCUT2D eigenvalue weighted by Gasteiger charge is -2.17. The number of para-hydroxylation sites is 1. The van der Waals surface area contributed by atoms with Crippen molar-refractivity contribution in [2.45, 2.75) is 31.8 Å². The third-order valence-corrected chi connectivity index (χ3v) is 4.44. The Balaban J connectivity index is 1.71. The summed E-state index contributed by atoms with van der Waals surface area (Å²) in [5, 5.41) is 0.793. The minimum atomic E-state index is 0.258. The molecule has 0 N–H and O–H groups in total. The van der Waals surface area contributed by atoms with Gasteiger partial charge in [0.15, 0.2) is 11.5 Å². The Morgan fingerprint density at radius 3 is 2.52 bits per heavy atom. The van der Waals surface area contributed by atoms with Gasteiger partial charge in [-0.05, 0) is 43.9 Å². The first-order valence-electron chi connectivity index (χ1n) is 8.56. The minimum Gasteiger partial charge on any atom is -0.493 e. The largest absolute Gasteiger partial charge is 0.493 e. The molecule has 25 heavy (non-hydrogen) atoms. The van der Waals surface area contributed by atoms with Gasteiger partial charge in [-0.25, -0.2) is 9.97 Å². The molecule has 4 rings (SSSR count). The zero-order valence-electron chi connectivity index (χ0n) is 14.1. The van der Waals surface area contributed by atoms with Crippen LogP contribution in [0, 0.1) is 0 Å². The van der Waals surface area contributed by atoms with E-state index in [9.17, 15) is 0 Å². The number of ether oxygens (including phenoxy) is 3. The highest BCUT2D eigenvalue weighted by Crippen LogP contribution is 2.37. The fourth-order valence-corrected chi connectivity index (χ4v) is 3.16. The van der Waals surface area contributed by atoms with Crippen molar-refractivity contribution in [2.24, 2.45) is 0 Å². The average Bonchev–Trinajstić information content (AvgIpc) is 3.15. The molecule has 5 heteroatoms. The number of aromatic nitrogens is 2. The van der Waals surface area contributed by atoms with E-state index in [4.69, 9.17) is 14.2 Å². The summed E-state index contributed by atoms with van der Waals surface area (Å²) in [4.78, 5) is 8.65. The number of methoxy groups -OCH3 is 1. The first-order valence-corrected chi connectivity index (χ1v) is 8.56. The third kappa shape index (κ3) is 3.36. The van der Waals surface area contributed by atoms with Crippen LogP contribution in [0.3, 0.4) is 0 Å². The zero-order valence-corrected chi connectivity index (χ0v) is 14.1. The van der Waals surface area contributed by atoms with Crippen LogP contribution in [-0.4, -0.2) is 23.2 Å². The molecule has 0 saturated heterocycles. The molecule has 1 aliphatic carbocycles. The molecule has 1 aromatic heterocycles. The van der Waals surface area contributed by atoms with E-state index >= 15 is 0 Å². The Hall–Kier alpha value is -2.82. The molecule has 1 aliphatic rings. The molecule has 3 aromatic rings. The van der Waals surface area contributed by atoms with Gasteiger partial charge < -0.3 is 14.2 Å². The number of rotatable bonds is 5. The van der Waals surface area contributed by atoms with Crippen molar-refractivity contribution in [1.82, 2.24) is 9.97 Å². The molecule has 128 valence electrons. The van der Waals surface area contributed by atoms with Gasteiger partial charge in [0, 0.05) is 6.07 Å². The molecule has 0 atom stereocenters. The van der Waals surface area contributed by atoms with Gasteiger partial charge in [0.05, 0.1) is 24.1 Å². The average molecular weight is 336 g/mol. The van der Waals surface area contributed by atoms with E-state index in [0.717, 1.165) is 35.2 Å². The van der Waals surface area contributed by atoms with E-state index in [1.165, 1.54) is 19.2 Å². The molecule has 0 radical (unpaired) electrons. The fourth-order valence-electron chi connectivity index (χ4n) is 3.16. The Morgan fingerprint density at radius 2 is 1.76 bits per heavy atom. The SMILES string of the molecule is COc1cc2c(Oc3ccccc3)ncnc2cc1OC1CCCC1. The summed E-state index contributed by atoms with van der Waals surface area (Å²) in [7, 11) is 1.64. The van der Waals surface area contributed by atoms with Crippen molar-refractivity contribution >= 4 is 10.9 Å². The van der Waals surface area contributed by atoms with E-state index in [-0.39, 0.29) is 6.10 Å². The molecule has 5 nitrogen and oxygen atoms in total. The van der Waals surface area contributed by atoms with Crippen molar-refractivity contribution in [3.05, 3.63) is 48.8 Å². The van der Waals surface area contributed by atoms with E-state index in [0.29, 0.717) is 11.6 Å². The maximum absolute atomic E-state index is 6.14. The number of hydrogen-bond acceptors (Lipinski definition) is 5. The van der Waals surface area contributed by atoms with Crippen molar-refractivity contribution in [2.75, 3.05) is 7.11 Å². The molecule has 0 spiro atoms. The van der Waals surface area contributed by atoms with Gasteiger partial charge in [-0.1, -0.05) is 18.2 Å². The summed E-state index contributed by atoms with van der Waals surface area (Å²) >= 11 is 0. The molecule has 1 saturated carbocycles. The first kappa shape index (κ1) is 15.7. The highest BCUT2D eigenvalue weighted by Gasteiger charge is 2.20. The monoisotopic (exact) mass is 336 g/mol. The van der Waals surface area contributed by atoms with Crippen molar-refractivity contribution in [3.8, 4) is 23.1 Å². The Kier molecular flexibility index (Phi) is 4.37. The number of benzene rings is 2. The topological polar surface area (TPSA) is 53.5 Å².